The van der Waals surface area contributed by atoms with E-state index in [9.17, 15) is 14.7 Å². The second-order valence-electron chi connectivity index (χ2n) is 10.6. The highest BCUT2D eigenvalue weighted by atomic mass is 35.5. The average molecular weight is 523 g/mol. The summed E-state index contributed by atoms with van der Waals surface area (Å²) in [6.07, 6.45) is 9.02. The van der Waals surface area contributed by atoms with Gasteiger partial charge in [-0.25, -0.2) is 0 Å². The summed E-state index contributed by atoms with van der Waals surface area (Å²) >= 11 is 12.7. The van der Waals surface area contributed by atoms with Crippen molar-refractivity contribution in [3.8, 4) is 0 Å². The first-order valence-corrected chi connectivity index (χ1v) is 13.6. The highest BCUT2D eigenvalue weighted by Crippen LogP contribution is 2.41. The first-order chi connectivity index (χ1) is 16.8. The number of hydrogen-bond acceptors (Lipinski definition) is 4. The highest BCUT2D eigenvalue weighted by Gasteiger charge is 2.51. The standard InChI is InChI=1S/C27H37Cl2N3O3/c1-19-15-32(17-22-23(28)8-5-9-24(22)29)18-27(19,14-25(33)34)26(35)30-21-10-12-31(13-11-21)16-20-6-3-2-4-7-20/h5-6,8-9,19,21H,2-4,7,10-18H2,1H3,(H,30,35)(H,33,34). The molecule has 4 rings (SSSR count). The summed E-state index contributed by atoms with van der Waals surface area (Å²) in [5, 5.41) is 14.1. The molecule has 2 heterocycles. The average Bonchev–Trinajstić information content (AvgIpc) is 3.13. The van der Waals surface area contributed by atoms with Gasteiger partial charge in [0.05, 0.1) is 11.8 Å². The lowest BCUT2D eigenvalue weighted by molar-refractivity contribution is -0.147. The predicted octanol–water partition coefficient (Wildman–Crippen LogP) is 4.99. The van der Waals surface area contributed by atoms with Crippen LogP contribution in [0.25, 0.3) is 0 Å². The van der Waals surface area contributed by atoms with Crippen molar-refractivity contribution in [2.24, 2.45) is 11.3 Å². The molecule has 3 aliphatic rings. The highest BCUT2D eigenvalue weighted by molar-refractivity contribution is 6.35. The number of nitrogens with zero attached hydrogens (tertiary/aromatic N) is 2. The Bertz CT molecular complexity index is 941. The lowest BCUT2D eigenvalue weighted by Crippen LogP contribution is -2.53. The number of carboxylic acid groups (broad SMARTS) is 1. The summed E-state index contributed by atoms with van der Waals surface area (Å²) in [5.74, 6) is -1.17. The van der Waals surface area contributed by atoms with Gasteiger partial charge in [-0.15, -0.1) is 0 Å². The number of hydrogen-bond donors (Lipinski definition) is 2. The van der Waals surface area contributed by atoms with Crippen LogP contribution in [0, 0.1) is 11.3 Å². The van der Waals surface area contributed by atoms with Crippen molar-refractivity contribution in [1.29, 1.82) is 0 Å². The number of carboxylic acids is 1. The zero-order valence-corrected chi connectivity index (χ0v) is 22.1. The number of allylic oxidation sites excluding steroid dienone is 1. The van der Waals surface area contributed by atoms with Gasteiger partial charge in [0.1, 0.15) is 0 Å². The van der Waals surface area contributed by atoms with Crippen molar-refractivity contribution >= 4 is 35.1 Å². The van der Waals surface area contributed by atoms with Gasteiger partial charge in [0.25, 0.3) is 0 Å². The third kappa shape index (κ3) is 6.40. The number of amides is 1. The second kappa shape index (κ2) is 11.6. The fourth-order valence-electron chi connectivity index (χ4n) is 5.98. The molecule has 0 aromatic heterocycles. The van der Waals surface area contributed by atoms with Gasteiger partial charge >= 0.3 is 5.97 Å². The molecule has 2 unspecified atom stereocenters. The number of benzene rings is 1. The molecule has 1 amide bonds. The zero-order valence-electron chi connectivity index (χ0n) is 20.6. The van der Waals surface area contributed by atoms with Gasteiger partial charge in [0, 0.05) is 60.9 Å². The number of aliphatic carboxylic acids is 1. The summed E-state index contributed by atoms with van der Waals surface area (Å²) in [4.78, 5) is 30.1. The van der Waals surface area contributed by atoms with Crippen molar-refractivity contribution in [3.05, 3.63) is 45.5 Å². The van der Waals surface area contributed by atoms with E-state index in [0.29, 0.717) is 29.7 Å². The van der Waals surface area contributed by atoms with Gasteiger partial charge in [-0.05, 0) is 56.6 Å². The Labute approximate surface area is 218 Å². The van der Waals surface area contributed by atoms with Crippen molar-refractivity contribution in [1.82, 2.24) is 15.1 Å². The van der Waals surface area contributed by atoms with Crippen LogP contribution in [0.3, 0.4) is 0 Å². The summed E-state index contributed by atoms with van der Waals surface area (Å²) in [7, 11) is 0. The molecular formula is C27H37Cl2N3O3. The van der Waals surface area contributed by atoms with Crippen LogP contribution in [0.4, 0.5) is 0 Å². The summed E-state index contributed by atoms with van der Waals surface area (Å²) in [5.41, 5.74) is 1.40. The Morgan fingerprint density at radius 3 is 2.46 bits per heavy atom. The topological polar surface area (TPSA) is 72.9 Å². The van der Waals surface area contributed by atoms with Crippen LogP contribution in [0.5, 0.6) is 0 Å². The van der Waals surface area contributed by atoms with Crippen molar-refractivity contribution in [2.45, 2.75) is 64.5 Å². The van der Waals surface area contributed by atoms with E-state index in [0.717, 1.165) is 38.0 Å². The normalized spacial score (nSPS) is 26.5. The number of rotatable bonds is 8. The maximum atomic E-state index is 13.6. The van der Waals surface area contributed by atoms with Crippen molar-refractivity contribution < 1.29 is 14.7 Å². The Kier molecular flexibility index (Phi) is 8.80. The minimum Gasteiger partial charge on any atom is -0.481 e. The van der Waals surface area contributed by atoms with Crippen LogP contribution in [-0.4, -0.2) is 65.5 Å². The lowest BCUT2D eigenvalue weighted by atomic mass is 9.75. The molecule has 6 nitrogen and oxygen atoms in total. The number of piperidine rings is 1. The third-order valence-corrected chi connectivity index (χ3v) is 8.79. The summed E-state index contributed by atoms with van der Waals surface area (Å²) in [6, 6.07) is 5.50. The maximum Gasteiger partial charge on any atom is 0.304 e. The molecule has 1 aromatic carbocycles. The number of carbonyl (C=O) groups is 2. The zero-order chi connectivity index (χ0) is 25.0. The summed E-state index contributed by atoms with van der Waals surface area (Å²) < 4.78 is 0. The molecule has 0 spiro atoms. The van der Waals surface area contributed by atoms with Gasteiger partial charge in [0.2, 0.25) is 5.91 Å². The van der Waals surface area contributed by atoms with E-state index in [1.165, 1.54) is 25.7 Å². The van der Waals surface area contributed by atoms with Gasteiger partial charge in [-0.1, -0.05) is 47.8 Å². The van der Waals surface area contributed by atoms with E-state index in [4.69, 9.17) is 23.2 Å². The van der Waals surface area contributed by atoms with Gasteiger partial charge in [-0.2, -0.15) is 0 Å². The van der Waals surface area contributed by atoms with Gasteiger partial charge in [-0.3, -0.25) is 19.4 Å². The molecule has 8 heteroatoms. The monoisotopic (exact) mass is 521 g/mol. The van der Waals surface area contributed by atoms with Crippen LogP contribution in [0.2, 0.25) is 10.0 Å². The molecule has 2 saturated heterocycles. The third-order valence-electron chi connectivity index (χ3n) is 8.08. The molecule has 2 N–H and O–H groups in total. The Morgan fingerprint density at radius 2 is 1.83 bits per heavy atom. The molecule has 0 saturated carbocycles. The molecule has 2 fully saturated rings. The van der Waals surface area contributed by atoms with E-state index < -0.39 is 11.4 Å². The molecular weight excluding hydrogens is 485 g/mol. The van der Waals surface area contributed by atoms with E-state index in [1.54, 1.807) is 23.8 Å². The van der Waals surface area contributed by atoms with Crippen LogP contribution < -0.4 is 5.32 Å². The number of halogens is 2. The van der Waals surface area contributed by atoms with Crippen molar-refractivity contribution in [2.75, 3.05) is 32.7 Å². The van der Waals surface area contributed by atoms with Crippen LogP contribution in [0.15, 0.2) is 29.8 Å². The molecule has 0 radical (unpaired) electrons. The fourth-order valence-corrected chi connectivity index (χ4v) is 6.50. The second-order valence-corrected chi connectivity index (χ2v) is 11.4. The minimum absolute atomic E-state index is 0.0871. The Balaban J connectivity index is 1.38. The number of likely N-dealkylation sites (tertiary alicyclic amines) is 2. The fraction of sp³-hybridized carbons (Fsp3) is 0.630. The van der Waals surface area contributed by atoms with Crippen LogP contribution >= 0.6 is 23.2 Å². The van der Waals surface area contributed by atoms with Gasteiger partial charge < -0.3 is 10.4 Å². The first kappa shape index (κ1) is 26.5. The van der Waals surface area contributed by atoms with E-state index in [1.807, 2.05) is 6.92 Å². The van der Waals surface area contributed by atoms with E-state index in [-0.39, 0.29) is 24.3 Å². The minimum atomic E-state index is -0.969. The molecule has 35 heavy (non-hydrogen) atoms. The maximum absolute atomic E-state index is 13.6. The van der Waals surface area contributed by atoms with Crippen molar-refractivity contribution in [3.63, 3.8) is 0 Å². The molecule has 1 aliphatic carbocycles. The van der Waals surface area contributed by atoms with Crippen LogP contribution in [-0.2, 0) is 16.1 Å². The molecule has 192 valence electrons. The summed E-state index contributed by atoms with van der Waals surface area (Å²) in [6.45, 7) is 6.43. The van der Waals surface area contributed by atoms with Crippen LogP contribution in [0.1, 0.15) is 57.4 Å². The first-order valence-electron chi connectivity index (χ1n) is 12.8. The molecule has 1 aromatic rings. The molecule has 2 aliphatic heterocycles. The molecule has 2 atom stereocenters. The Morgan fingerprint density at radius 1 is 1.11 bits per heavy atom. The number of carbonyl (C=O) groups excluding carboxylic acids is 1. The number of nitrogens with one attached hydrogen (secondary N) is 1. The van der Waals surface area contributed by atoms with Gasteiger partial charge in [0.15, 0.2) is 0 Å². The lowest BCUT2D eigenvalue weighted by Gasteiger charge is -2.36. The SMILES string of the molecule is CC1CN(Cc2c(Cl)cccc2Cl)CC1(CC(=O)O)C(=O)NC1CCN(CC2=CCCCC2)CC1. The quantitative estimate of drug-likeness (QED) is 0.471. The predicted molar refractivity (Wildman–Crippen MR) is 140 cm³/mol. The smallest absolute Gasteiger partial charge is 0.304 e. The van der Waals surface area contributed by atoms with E-state index in [2.05, 4.69) is 21.2 Å². The van der Waals surface area contributed by atoms with E-state index >= 15 is 0 Å². The Hall–Kier alpha value is -1.60. The molecule has 0 bridgehead atoms. The largest absolute Gasteiger partial charge is 0.481 e.